The predicted molar refractivity (Wildman–Crippen MR) is 112 cm³/mol. The topological polar surface area (TPSA) is 56.8 Å². The Morgan fingerprint density at radius 1 is 1.14 bits per heavy atom. The zero-order valence-electron chi connectivity index (χ0n) is 17.2. The summed E-state index contributed by atoms with van der Waals surface area (Å²) in [5, 5.41) is 3.28. The maximum Gasteiger partial charge on any atom is 0.231 e. The van der Waals surface area contributed by atoms with Gasteiger partial charge >= 0.3 is 0 Å². The summed E-state index contributed by atoms with van der Waals surface area (Å²) in [6.07, 6.45) is 3.14. The fraction of sp³-hybridized carbons (Fsp3) is 0.458. The van der Waals surface area contributed by atoms with Crippen LogP contribution in [-0.2, 0) is 27.8 Å². The smallest absolute Gasteiger partial charge is 0.231 e. The summed E-state index contributed by atoms with van der Waals surface area (Å²) in [4.78, 5) is 13.4. The van der Waals surface area contributed by atoms with Gasteiger partial charge in [0.15, 0.2) is 0 Å². The van der Waals surface area contributed by atoms with E-state index in [-0.39, 0.29) is 11.9 Å². The zero-order chi connectivity index (χ0) is 20.3. The minimum Gasteiger partial charge on any atom is -0.497 e. The first kappa shape index (κ1) is 19.8. The molecule has 2 aromatic carbocycles. The van der Waals surface area contributed by atoms with Crippen LogP contribution in [0, 0.1) is 0 Å². The lowest BCUT2D eigenvalue weighted by Crippen LogP contribution is -2.50. The fourth-order valence-corrected chi connectivity index (χ4v) is 4.41. The molecular formula is C24H29NO4. The molecule has 0 aliphatic carbocycles. The number of hydrogen-bond donors (Lipinski definition) is 1. The standard InChI is InChI=1S/C24H29NO4/c1-17(15-18-3-8-22-19(16-18)9-12-29-22)25-23(26)24(10-13-28-14-11-24)20-4-6-21(27-2)7-5-20/h3-8,16-17H,9-15H2,1-2H3,(H,25,26). The van der Waals surface area contributed by atoms with E-state index in [9.17, 15) is 4.79 Å². The van der Waals surface area contributed by atoms with Crippen molar-refractivity contribution in [1.82, 2.24) is 5.32 Å². The van der Waals surface area contributed by atoms with Crippen LogP contribution in [0.3, 0.4) is 0 Å². The monoisotopic (exact) mass is 395 g/mol. The van der Waals surface area contributed by atoms with Crippen molar-refractivity contribution in [2.75, 3.05) is 26.9 Å². The van der Waals surface area contributed by atoms with Gasteiger partial charge in [-0.25, -0.2) is 0 Å². The van der Waals surface area contributed by atoms with Gasteiger partial charge in [0.2, 0.25) is 5.91 Å². The molecule has 1 amide bonds. The van der Waals surface area contributed by atoms with Crippen LogP contribution in [0.15, 0.2) is 42.5 Å². The molecule has 2 heterocycles. The lowest BCUT2D eigenvalue weighted by atomic mass is 9.73. The van der Waals surface area contributed by atoms with Crippen LogP contribution < -0.4 is 14.8 Å². The molecule has 1 N–H and O–H groups in total. The number of benzene rings is 2. The Hall–Kier alpha value is -2.53. The third kappa shape index (κ3) is 4.10. The summed E-state index contributed by atoms with van der Waals surface area (Å²) in [5.41, 5.74) is 2.97. The van der Waals surface area contributed by atoms with Gasteiger partial charge in [-0.2, -0.15) is 0 Å². The summed E-state index contributed by atoms with van der Waals surface area (Å²) in [7, 11) is 1.65. The van der Waals surface area contributed by atoms with Crippen molar-refractivity contribution in [2.45, 2.75) is 44.1 Å². The first-order valence-corrected chi connectivity index (χ1v) is 10.4. The van der Waals surface area contributed by atoms with E-state index in [1.807, 2.05) is 30.3 Å². The first-order valence-electron chi connectivity index (χ1n) is 10.4. The number of ether oxygens (including phenoxy) is 3. The lowest BCUT2D eigenvalue weighted by molar-refractivity contribution is -0.131. The highest BCUT2D eigenvalue weighted by atomic mass is 16.5. The van der Waals surface area contributed by atoms with Crippen LogP contribution in [0.1, 0.15) is 36.5 Å². The van der Waals surface area contributed by atoms with Crippen LogP contribution in [0.25, 0.3) is 0 Å². The Morgan fingerprint density at radius 3 is 2.62 bits per heavy atom. The molecule has 29 heavy (non-hydrogen) atoms. The Labute approximate surface area is 172 Å². The molecule has 2 aromatic rings. The van der Waals surface area contributed by atoms with Gasteiger partial charge in [-0.3, -0.25) is 4.79 Å². The van der Waals surface area contributed by atoms with E-state index in [0.717, 1.165) is 36.5 Å². The van der Waals surface area contributed by atoms with Gasteiger partial charge in [0.25, 0.3) is 0 Å². The summed E-state index contributed by atoms with van der Waals surface area (Å²) < 4.78 is 16.4. The van der Waals surface area contributed by atoms with Crippen molar-refractivity contribution >= 4 is 5.91 Å². The number of amides is 1. The average molecular weight is 395 g/mol. The molecular weight excluding hydrogens is 366 g/mol. The Balaban J connectivity index is 1.48. The van der Waals surface area contributed by atoms with Gasteiger partial charge in [0, 0.05) is 25.7 Å². The molecule has 0 radical (unpaired) electrons. The molecule has 2 aliphatic heterocycles. The molecule has 0 aromatic heterocycles. The molecule has 1 atom stereocenters. The number of fused-ring (bicyclic) bond motifs is 1. The van der Waals surface area contributed by atoms with Crippen LogP contribution in [0.4, 0.5) is 0 Å². The quantitative estimate of drug-likeness (QED) is 0.814. The van der Waals surface area contributed by atoms with Crippen molar-refractivity contribution in [1.29, 1.82) is 0 Å². The molecule has 0 spiro atoms. The first-order chi connectivity index (χ1) is 14.1. The molecule has 154 valence electrons. The maximum atomic E-state index is 13.4. The highest BCUT2D eigenvalue weighted by Gasteiger charge is 2.42. The summed E-state index contributed by atoms with van der Waals surface area (Å²) in [6.45, 7) is 4.03. The van der Waals surface area contributed by atoms with Gasteiger partial charge in [-0.1, -0.05) is 24.3 Å². The van der Waals surface area contributed by atoms with Gasteiger partial charge in [-0.05, 0) is 61.1 Å². The molecule has 1 unspecified atom stereocenters. The molecule has 1 fully saturated rings. The van der Waals surface area contributed by atoms with Crippen LogP contribution >= 0.6 is 0 Å². The molecule has 5 heteroatoms. The van der Waals surface area contributed by atoms with E-state index in [0.29, 0.717) is 26.1 Å². The van der Waals surface area contributed by atoms with Crippen LogP contribution in [0.2, 0.25) is 0 Å². The second kappa shape index (κ2) is 8.46. The van der Waals surface area contributed by atoms with E-state index in [2.05, 4.69) is 24.4 Å². The molecule has 0 saturated carbocycles. The minimum atomic E-state index is -0.551. The van der Waals surface area contributed by atoms with Crippen LogP contribution in [-0.4, -0.2) is 38.9 Å². The van der Waals surface area contributed by atoms with Gasteiger partial charge in [0.05, 0.1) is 19.1 Å². The van der Waals surface area contributed by atoms with E-state index in [1.165, 1.54) is 11.1 Å². The summed E-state index contributed by atoms with van der Waals surface area (Å²) in [5.74, 6) is 1.87. The Kier molecular flexibility index (Phi) is 5.76. The van der Waals surface area contributed by atoms with E-state index in [4.69, 9.17) is 14.2 Å². The van der Waals surface area contributed by atoms with Crippen molar-refractivity contribution in [3.8, 4) is 11.5 Å². The number of methoxy groups -OCH3 is 1. The van der Waals surface area contributed by atoms with E-state index in [1.54, 1.807) is 7.11 Å². The summed E-state index contributed by atoms with van der Waals surface area (Å²) in [6, 6.07) is 14.3. The number of nitrogens with one attached hydrogen (secondary N) is 1. The van der Waals surface area contributed by atoms with Crippen molar-refractivity contribution in [3.05, 3.63) is 59.2 Å². The van der Waals surface area contributed by atoms with E-state index >= 15 is 0 Å². The van der Waals surface area contributed by atoms with Crippen molar-refractivity contribution in [2.24, 2.45) is 0 Å². The lowest BCUT2D eigenvalue weighted by Gasteiger charge is -2.37. The average Bonchev–Trinajstić information content (AvgIpc) is 3.22. The predicted octanol–water partition coefficient (Wildman–Crippen LogP) is 3.43. The minimum absolute atomic E-state index is 0.0424. The molecule has 2 aliphatic rings. The maximum absolute atomic E-state index is 13.4. The fourth-order valence-electron chi connectivity index (χ4n) is 4.41. The highest BCUT2D eigenvalue weighted by molar-refractivity contribution is 5.88. The SMILES string of the molecule is COc1ccc(C2(C(=O)NC(C)Cc3ccc4c(c3)CCO4)CCOCC2)cc1. The van der Waals surface area contributed by atoms with Gasteiger partial charge in [0.1, 0.15) is 11.5 Å². The summed E-state index contributed by atoms with van der Waals surface area (Å²) >= 11 is 0. The highest BCUT2D eigenvalue weighted by Crippen LogP contribution is 2.36. The Morgan fingerprint density at radius 2 is 1.90 bits per heavy atom. The second-order valence-electron chi connectivity index (χ2n) is 8.04. The Bertz CT molecular complexity index is 856. The second-order valence-corrected chi connectivity index (χ2v) is 8.04. The molecule has 4 rings (SSSR count). The van der Waals surface area contributed by atoms with Crippen molar-refractivity contribution < 1.29 is 19.0 Å². The largest absolute Gasteiger partial charge is 0.497 e. The third-order valence-electron chi connectivity index (χ3n) is 6.10. The van der Waals surface area contributed by atoms with Crippen LogP contribution in [0.5, 0.6) is 11.5 Å². The number of hydrogen-bond acceptors (Lipinski definition) is 4. The van der Waals surface area contributed by atoms with Gasteiger partial charge < -0.3 is 19.5 Å². The molecule has 0 bridgehead atoms. The van der Waals surface area contributed by atoms with Gasteiger partial charge in [-0.15, -0.1) is 0 Å². The van der Waals surface area contributed by atoms with Crippen molar-refractivity contribution in [3.63, 3.8) is 0 Å². The third-order valence-corrected chi connectivity index (χ3v) is 6.10. The zero-order valence-corrected chi connectivity index (χ0v) is 17.2. The number of rotatable bonds is 6. The number of carbonyl (C=O) groups is 1. The van der Waals surface area contributed by atoms with E-state index < -0.39 is 5.41 Å². The molecule has 5 nitrogen and oxygen atoms in total. The molecule has 1 saturated heterocycles. The number of carbonyl (C=O) groups excluding carboxylic acids is 1. The normalized spacial score (nSPS) is 18.4.